The van der Waals surface area contributed by atoms with Crippen molar-refractivity contribution in [3.8, 4) is 0 Å². The molecule has 1 aliphatic rings. The summed E-state index contributed by atoms with van der Waals surface area (Å²) in [5.41, 5.74) is 2.47. The van der Waals surface area contributed by atoms with Crippen molar-refractivity contribution in [1.82, 2.24) is 4.90 Å². The van der Waals surface area contributed by atoms with Gasteiger partial charge in [0.05, 0.1) is 6.10 Å². The van der Waals surface area contributed by atoms with Gasteiger partial charge in [-0.25, -0.2) is 0 Å². The molecular weight excluding hydrogens is 210 g/mol. The van der Waals surface area contributed by atoms with Crippen molar-refractivity contribution in [1.29, 1.82) is 0 Å². The number of likely N-dealkylation sites (tertiary alicyclic amines) is 1. The van der Waals surface area contributed by atoms with E-state index in [0.29, 0.717) is 5.92 Å². The molecule has 1 aromatic carbocycles. The molecule has 0 amide bonds. The monoisotopic (exact) mass is 233 g/mol. The lowest BCUT2D eigenvalue weighted by Gasteiger charge is -2.20. The second kappa shape index (κ2) is 5.65. The molecule has 2 nitrogen and oxygen atoms in total. The fourth-order valence-electron chi connectivity index (χ4n) is 2.81. The molecule has 2 rings (SSSR count). The summed E-state index contributed by atoms with van der Waals surface area (Å²) in [6.07, 6.45) is 3.36. The van der Waals surface area contributed by atoms with E-state index in [0.717, 1.165) is 5.56 Å². The molecular formula is C15H23NO. The van der Waals surface area contributed by atoms with Gasteiger partial charge in [-0.15, -0.1) is 0 Å². The summed E-state index contributed by atoms with van der Waals surface area (Å²) in [5, 5.41) is 9.85. The lowest BCUT2D eigenvalue weighted by atomic mass is 9.87. The second-order valence-electron chi connectivity index (χ2n) is 5.24. The van der Waals surface area contributed by atoms with Gasteiger partial charge in [-0.3, -0.25) is 0 Å². The number of aliphatic hydroxyl groups is 1. The van der Waals surface area contributed by atoms with E-state index in [4.69, 9.17) is 0 Å². The van der Waals surface area contributed by atoms with Gasteiger partial charge in [0, 0.05) is 0 Å². The molecule has 1 fully saturated rings. The SMILES string of the molecule is CC(O)c1ccccc1C1CCCN(C)CC1. The molecule has 0 saturated carbocycles. The number of nitrogens with zero attached hydrogens (tertiary/aromatic N) is 1. The average molecular weight is 233 g/mol. The zero-order valence-corrected chi connectivity index (χ0v) is 10.9. The van der Waals surface area contributed by atoms with E-state index in [1.165, 1.54) is 37.9 Å². The number of hydrogen-bond acceptors (Lipinski definition) is 2. The Kier molecular flexibility index (Phi) is 4.19. The third kappa shape index (κ3) is 3.08. The van der Waals surface area contributed by atoms with E-state index in [2.05, 4.69) is 30.1 Å². The lowest BCUT2D eigenvalue weighted by molar-refractivity contribution is 0.197. The van der Waals surface area contributed by atoms with Crippen molar-refractivity contribution >= 4 is 0 Å². The molecule has 1 aromatic rings. The molecule has 0 spiro atoms. The van der Waals surface area contributed by atoms with E-state index in [1.807, 2.05) is 13.0 Å². The van der Waals surface area contributed by atoms with Crippen LogP contribution in [0.5, 0.6) is 0 Å². The van der Waals surface area contributed by atoms with Gasteiger partial charge in [-0.2, -0.15) is 0 Å². The van der Waals surface area contributed by atoms with E-state index in [1.54, 1.807) is 0 Å². The summed E-state index contributed by atoms with van der Waals surface area (Å²) in [6.45, 7) is 4.23. The number of aliphatic hydroxyl groups excluding tert-OH is 1. The Morgan fingerprint density at radius 1 is 1.24 bits per heavy atom. The van der Waals surface area contributed by atoms with E-state index in [9.17, 15) is 5.11 Å². The van der Waals surface area contributed by atoms with Crippen molar-refractivity contribution < 1.29 is 5.11 Å². The highest BCUT2D eigenvalue weighted by atomic mass is 16.3. The second-order valence-corrected chi connectivity index (χ2v) is 5.24. The van der Waals surface area contributed by atoms with Crippen molar-refractivity contribution in [2.75, 3.05) is 20.1 Å². The van der Waals surface area contributed by atoms with Gasteiger partial charge in [0.1, 0.15) is 0 Å². The molecule has 0 aliphatic carbocycles. The van der Waals surface area contributed by atoms with Crippen LogP contribution >= 0.6 is 0 Å². The van der Waals surface area contributed by atoms with E-state index in [-0.39, 0.29) is 6.10 Å². The van der Waals surface area contributed by atoms with Gasteiger partial charge >= 0.3 is 0 Å². The predicted octanol–water partition coefficient (Wildman–Crippen LogP) is 2.94. The Hall–Kier alpha value is -0.860. The summed E-state index contributed by atoms with van der Waals surface area (Å²) in [6, 6.07) is 8.37. The molecule has 1 aliphatic heterocycles. The fourth-order valence-corrected chi connectivity index (χ4v) is 2.81. The van der Waals surface area contributed by atoms with Crippen LogP contribution in [-0.4, -0.2) is 30.1 Å². The summed E-state index contributed by atoms with van der Waals surface area (Å²) in [5.74, 6) is 0.616. The van der Waals surface area contributed by atoms with Gasteiger partial charge in [0.25, 0.3) is 0 Å². The van der Waals surface area contributed by atoms with Gasteiger partial charge in [-0.05, 0) is 63.4 Å². The summed E-state index contributed by atoms with van der Waals surface area (Å²) < 4.78 is 0. The number of benzene rings is 1. The first kappa shape index (κ1) is 12.6. The van der Waals surface area contributed by atoms with Crippen LogP contribution in [-0.2, 0) is 0 Å². The van der Waals surface area contributed by atoms with Crippen LogP contribution in [0.25, 0.3) is 0 Å². The Labute approximate surface area is 104 Å². The Bertz CT molecular complexity index is 362. The normalized spacial score (nSPS) is 24.3. The van der Waals surface area contributed by atoms with Gasteiger partial charge < -0.3 is 10.0 Å². The molecule has 1 heterocycles. The van der Waals surface area contributed by atoms with Gasteiger partial charge in [-0.1, -0.05) is 24.3 Å². The first-order chi connectivity index (χ1) is 8.18. The highest BCUT2D eigenvalue weighted by molar-refractivity contribution is 5.32. The Morgan fingerprint density at radius 2 is 2.00 bits per heavy atom. The molecule has 0 aromatic heterocycles. The summed E-state index contributed by atoms with van der Waals surface area (Å²) in [7, 11) is 2.20. The fraction of sp³-hybridized carbons (Fsp3) is 0.600. The average Bonchev–Trinajstić information content (AvgIpc) is 2.54. The molecule has 94 valence electrons. The third-order valence-electron chi connectivity index (χ3n) is 3.84. The quantitative estimate of drug-likeness (QED) is 0.849. The first-order valence-corrected chi connectivity index (χ1v) is 6.64. The molecule has 2 heteroatoms. The minimum atomic E-state index is -0.354. The van der Waals surface area contributed by atoms with Gasteiger partial charge in [0.15, 0.2) is 0 Å². The molecule has 1 saturated heterocycles. The highest BCUT2D eigenvalue weighted by Crippen LogP contribution is 2.32. The molecule has 2 atom stereocenters. The Morgan fingerprint density at radius 3 is 2.76 bits per heavy atom. The van der Waals surface area contributed by atoms with Crippen LogP contribution in [0.1, 0.15) is 49.3 Å². The lowest BCUT2D eigenvalue weighted by Crippen LogP contribution is -2.18. The van der Waals surface area contributed by atoms with Crippen LogP contribution in [0.2, 0.25) is 0 Å². The minimum absolute atomic E-state index is 0.354. The topological polar surface area (TPSA) is 23.5 Å². The molecule has 1 N–H and O–H groups in total. The number of rotatable bonds is 2. The minimum Gasteiger partial charge on any atom is -0.389 e. The van der Waals surface area contributed by atoms with Crippen molar-refractivity contribution in [2.24, 2.45) is 0 Å². The summed E-state index contributed by atoms with van der Waals surface area (Å²) in [4.78, 5) is 2.41. The zero-order valence-electron chi connectivity index (χ0n) is 10.9. The largest absolute Gasteiger partial charge is 0.389 e. The maximum absolute atomic E-state index is 9.85. The van der Waals surface area contributed by atoms with Crippen LogP contribution in [0.15, 0.2) is 24.3 Å². The smallest absolute Gasteiger partial charge is 0.0764 e. The first-order valence-electron chi connectivity index (χ1n) is 6.64. The van der Waals surface area contributed by atoms with Crippen LogP contribution in [0, 0.1) is 0 Å². The van der Waals surface area contributed by atoms with Crippen LogP contribution in [0.4, 0.5) is 0 Å². The number of hydrogen-bond donors (Lipinski definition) is 1. The van der Waals surface area contributed by atoms with Crippen molar-refractivity contribution in [3.63, 3.8) is 0 Å². The molecule has 0 radical (unpaired) electrons. The molecule has 2 unspecified atom stereocenters. The van der Waals surface area contributed by atoms with E-state index >= 15 is 0 Å². The van der Waals surface area contributed by atoms with Gasteiger partial charge in [0.2, 0.25) is 0 Å². The zero-order chi connectivity index (χ0) is 12.3. The highest BCUT2D eigenvalue weighted by Gasteiger charge is 2.20. The maximum atomic E-state index is 9.85. The molecule has 0 bridgehead atoms. The standard InChI is InChI=1S/C15H23NO/c1-12(17)14-7-3-4-8-15(14)13-6-5-10-16(2)11-9-13/h3-4,7-8,12-13,17H,5-6,9-11H2,1-2H3. The predicted molar refractivity (Wildman–Crippen MR) is 71.2 cm³/mol. The Balaban J connectivity index is 2.21. The van der Waals surface area contributed by atoms with E-state index < -0.39 is 0 Å². The van der Waals surface area contributed by atoms with Crippen LogP contribution < -0.4 is 0 Å². The van der Waals surface area contributed by atoms with Crippen molar-refractivity contribution in [3.05, 3.63) is 35.4 Å². The van der Waals surface area contributed by atoms with Crippen molar-refractivity contribution in [2.45, 2.75) is 38.2 Å². The van der Waals surface area contributed by atoms with Crippen LogP contribution in [0.3, 0.4) is 0 Å². The summed E-state index contributed by atoms with van der Waals surface area (Å²) >= 11 is 0. The maximum Gasteiger partial charge on any atom is 0.0764 e. The molecule has 17 heavy (non-hydrogen) atoms. The third-order valence-corrected chi connectivity index (χ3v) is 3.84.